The molecule has 1 aliphatic heterocycles. The van der Waals surface area contributed by atoms with Gasteiger partial charge >= 0.3 is 0 Å². The van der Waals surface area contributed by atoms with Gasteiger partial charge in [-0.15, -0.1) is 0 Å². The third-order valence-corrected chi connectivity index (χ3v) is 3.77. The summed E-state index contributed by atoms with van der Waals surface area (Å²) in [4.78, 5) is 21.7. The van der Waals surface area contributed by atoms with Gasteiger partial charge in [-0.05, 0) is 44.1 Å². The lowest BCUT2D eigenvalue weighted by Gasteiger charge is -2.25. The molecule has 0 atom stereocenters. The van der Waals surface area contributed by atoms with Gasteiger partial charge in [-0.25, -0.2) is 4.98 Å². The van der Waals surface area contributed by atoms with E-state index in [1.807, 2.05) is 0 Å². The maximum Gasteiger partial charge on any atom is 0.258 e. The number of aromatic amines is 1. The minimum absolute atomic E-state index is 0.112. The monoisotopic (exact) mass is 277 g/mol. The number of piperidine rings is 1. The third-order valence-electron chi connectivity index (χ3n) is 3.54. The summed E-state index contributed by atoms with van der Waals surface area (Å²) in [6, 6.07) is 5.22. The summed E-state index contributed by atoms with van der Waals surface area (Å²) >= 11 is 5.90. The quantitative estimate of drug-likeness (QED) is 0.918. The average Bonchev–Trinajstić information content (AvgIpc) is 2.41. The number of hydrogen-bond donors (Lipinski definition) is 1. The first kappa shape index (κ1) is 12.6. The number of benzene rings is 1. The van der Waals surface area contributed by atoms with Crippen LogP contribution in [0.25, 0.3) is 10.9 Å². The normalized spacial score (nSPS) is 16.9. The molecular weight excluding hydrogens is 262 g/mol. The maximum atomic E-state index is 12.0. The van der Waals surface area contributed by atoms with Crippen LogP contribution in [0.5, 0.6) is 0 Å². The van der Waals surface area contributed by atoms with Gasteiger partial charge < -0.3 is 4.98 Å². The Balaban J connectivity index is 1.92. The number of fused-ring (bicyclic) bond motifs is 1. The first-order chi connectivity index (χ1) is 9.22. The molecule has 1 fully saturated rings. The van der Waals surface area contributed by atoms with Gasteiger partial charge in [0.15, 0.2) is 0 Å². The van der Waals surface area contributed by atoms with Gasteiger partial charge in [-0.2, -0.15) is 0 Å². The molecule has 1 aromatic carbocycles. The molecule has 1 N–H and O–H groups in total. The average molecular weight is 278 g/mol. The smallest absolute Gasteiger partial charge is 0.258 e. The lowest BCUT2D eigenvalue weighted by Crippen LogP contribution is -2.30. The third kappa shape index (κ3) is 2.80. The molecule has 0 saturated carbocycles. The molecule has 19 heavy (non-hydrogen) atoms. The van der Waals surface area contributed by atoms with E-state index in [4.69, 9.17) is 11.6 Å². The molecule has 2 heterocycles. The number of nitrogens with zero attached hydrogens (tertiary/aromatic N) is 2. The van der Waals surface area contributed by atoms with Gasteiger partial charge in [-0.3, -0.25) is 9.69 Å². The number of aromatic nitrogens is 2. The first-order valence-electron chi connectivity index (χ1n) is 6.63. The standard InChI is InChI=1S/C14H16ClN3O/c15-10-4-5-12-11(8-10)14(19)17-13(16-12)9-18-6-2-1-3-7-18/h4-5,8H,1-3,6-7,9H2,(H,16,17,19). The van der Waals surface area contributed by atoms with Crippen LogP contribution in [0.1, 0.15) is 25.1 Å². The van der Waals surface area contributed by atoms with Crippen LogP contribution in [0.4, 0.5) is 0 Å². The van der Waals surface area contributed by atoms with E-state index in [0.29, 0.717) is 22.5 Å². The van der Waals surface area contributed by atoms with Crippen molar-refractivity contribution < 1.29 is 0 Å². The second kappa shape index (κ2) is 5.31. The van der Waals surface area contributed by atoms with Crippen molar-refractivity contribution >= 4 is 22.5 Å². The van der Waals surface area contributed by atoms with Crippen LogP contribution in [0.2, 0.25) is 5.02 Å². The zero-order chi connectivity index (χ0) is 13.2. The highest BCUT2D eigenvalue weighted by Gasteiger charge is 2.12. The number of H-pyrrole nitrogens is 1. The van der Waals surface area contributed by atoms with Crippen LogP contribution in [-0.4, -0.2) is 28.0 Å². The summed E-state index contributed by atoms with van der Waals surface area (Å²) in [5.41, 5.74) is 0.597. The van der Waals surface area contributed by atoms with E-state index in [2.05, 4.69) is 14.9 Å². The fourth-order valence-electron chi connectivity index (χ4n) is 2.56. The molecular formula is C14H16ClN3O. The molecule has 4 nitrogen and oxygen atoms in total. The Morgan fingerprint density at radius 3 is 2.84 bits per heavy atom. The molecule has 1 saturated heterocycles. The Hall–Kier alpha value is -1.39. The lowest BCUT2D eigenvalue weighted by molar-refractivity contribution is 0.216. The zero-order valence-electron chi connectivity index (χ0n) is 10.7. The summed E-state index contributed by atoms with van der Waals surface area (Å²) in [5, 5.41) is 1.11. The molecule has 1 aliphatic rings. The largest absolute Gasteiger partial charge is 0.309 e. The van der Waals surface area contributed by atoms with Gasteiger partial charge in [0.2, 0.25) is 0 Å². The Labute approximate surface area is 116 Å². The molecule has 3 rings (SSSR count). The Morgan fingerprint density at radius 2 is 2.05 bits per heavy atom. The summed E-state index contributed by atoms with van der Waals surface area (Å²) in [6.45, 7) is 2.89. The maximum absolute atomic E-state index is 12.0. The van der Waals surface area contributed by atoms with Gasteiger partial charge in [0.25, 0.3) is 5.56 Å². The number of nitrogens with one attached hydrogen (secondary N) is 1. The van der Waals surface area contributed by atoms with E-state index in [9.17, 15) is 4.79 Å². The number of rotatable bonds is 2. The molecule has 0 bridgehead atoms. The fraction of sp³-hybridized carbons (Fsp3) is 0.429. The number of halogens is 1. The molecule has 2 aromatic rings. The van der Waals surface area contributed by atoms with E-state index < -0.39 is 0 Å². The van der Waals surface area contributed by atoms with E-state index >= 15 is 0 Å². The van der Waals surface area contributed by atoms with Crippen LogP contribution >= 0.6 is 11.6 Å². The second-order valence-corrected chi connectivity index (χ2v) is 5.45. The van der Waals surface area contributed by atoms with Crippen LogP contribution in [0.3, 0.4) is 0 Å². The topological polar surface area (TPSA) is 49.0 Å². The van der Waals surface area contributed by atoms with Crippen molar-refractivity contribution in [3.63, 3.8) is 0 Å². The highest BCUT2D eigenvalue weighted by atomic mass is 35.5. The summed E-state index contributed by atoms with van der Waals surface area (Å²) < 4.78 is 0. The Bertz CT molecular complexity index is 647. The van der Waals surface area contributed by atoms with Gasteiger partial charge in [0.05, 0.1) is 17.4 Å². The van der Waals surface area contributed by atoms with Crippen molar-refractivity contribution in [2.75, 3.05) is 13.1 Å². The van der Waals surface area contributed by atoms with Crippen molar-refractivity contribution in [3.8, 4) is 0 Å². The highest BCUT2D eigenvalue weighted by molar-refractivity contribution is 6.31. The number of likely N-dealkylation sites (tertiary alicyclic amines) is 1. The van der Waals surface area contributed by atoms with Crippen LogP contribution in [0, 0.1) is 0 Å². The molecule has 0 aliphatic carbocycles. The van der Waals surface area contributed by atoms with Crippen molar-refractivity contribution in [2.45, 2.75) is 25.8 Å². The van der Waals surface area contributed by atoms with Gasteiger partial charge in [0, 0.05) is 5.02 Å². The van der Waals surface area contributed by atoms with E-state index in [-0.39, 0.29) is 5.56 Å². The van der Waals surface area contributed by atoms with E-state index in [1.54, 1.807) is 18.2 Å². The predicted octanol–water partition coefficient (Wildman–Crippen LogP) is 2.56. The van der Waals surface area contributed by atoms with Crippen molar-refractivity contribution in [2.24, 2.45) is 0 Å². The van der Waals surface area contributed by atoms with Crippen molar-refractivity contribution in [3.05, 3.63) is 39.4 Å². The van der Waals surface area contributed by atoms with Gasteiger partial charge in [-0.1, -0.05) is 18.0 Å². The molecule has 5 heteroatoms. The van der Waals surface area contributed by atoms with Crippen molar-refractivity contribution in [1.29, 1.82) is 0 Å². The SMILES string of the molecule is O=c1[nH]c(CN2CCCCC2)nc2ccc(Cl)cc12. The minimum Gasteiger partial charge on any atom is -0.309 e. The Kier molecular flexibility index (Phi) is 3.53. The number of hydrogen-bond acceptors (Lipinski definition) is 3. The molecule has 0 amide bonds. The second-order valence-electron chi connectivity index (χ2n) is 5.01. The first-order valence-corrected chi connectivity index (χ1v) is 7.01. The Morgan fingerprint density at radius 1 is 1.26 bits per heavy atom. The van der Waals surface area contributed by atoms with Gasteiger partial charge in [0.1, 0.15) is 5.82 Å². The van der Waals surface area contributed by atoms with E-state index in [0.717, 1.165) is 18.9 Å². The molecule has 0 spiro atoms. The minimum atomic E-state index is -0.112. The summed E-state index contributed by atoms with van der Waals surface area (Å²) in [6.07, 6.45) is 3.76. The summed E-state index contributed by atoms with van der Waals surface area (Å²) in [7, 11) is 0. The lowest BCUT2D eigenvalue weighted by atomic mass is 10.1. The molecule has 0 unspecified atom stereocenters. The zero-order valence-corrected chi connectivity index (χ0v) is 11.4. The molecule has 0 radical (unpaired) electrons. The summed E-state index contributed by atoms with van der Waals surface area (Å²) in [5.74, 6) is 0.738. The van der Waals surface area contributed by atoms with Crippen LogP contribution in [-0.2, 0) is 6.54 Å². The molecule has 100 valence electrons. The predicted molar refractivity (Wildman–Crippen MR) is 76.5 cm³/mol. The van der Waals surface area contributed by atoms with Crippen LogP contribution < -0.4 is 5.56 Å². The van der Waals surface area contributed by atoms with Crippen molar-refractivity contribution in [1.82, 2.24) is 14.9 Å². The fourth-order valence-corrected chi connectivity index (χ4v) is 2.74. The van der Waals surface area contributed by atoms with E-state index in [1.165, 1.54) is 19.3 Å². The van der Waals surface area contributed by atoms with Crippen LogP contribution in [0.15, 0.2) is 23.0 Å². The highest BCUT2D eigenvalue weighted by Crippen LogP contribution is 2.15. The molecule has 1 aromatic heterocycles.